The number of nitrogens with one attached hydrogen (secondary N) is 1. The minimum Gasteiger partial charge on any atom is -0.465 e. The van der Waals surface area contributed by atoms with Crippen LogP contribution in [0.3, 0.4) is 0 Å². The van der Waals surface area contributed by atoms with Gasteiger partial charge in [-0.2, -0.15) is 0 Å². The van der Waals surface area contributed by atoms with Crippen LogP contribution in [-0.2, 0) is 9.47 Å². The third-order valence-corrected chi connectivity index (χ3v) is 2.74. The lowest BCUT2D eigenvalue weighted by atomic mass is 10.4. The van der Waals surface area contributed by atoms with Crippen LogP contribution in [-0.4, -0.2) is 37.3 Å². The third-order valence-electron chi connectivity index (χ3n) is 1.83. The molecule has 0 aliphatic rings. The Balaban J connectivity index is 2.48. The maximum absolute atomic E-state index is 11.2. The van der Waals surface area contributed by atoms with Crippen LogP contribution in [0.25, 0.3) is 0 Å². The smallest absolute Gasteiger partial charge is 0.349 e. The molecule has 6 heteroatoms. The van der Waals surface area contributed by atoms with Crippen molar-refractivity contribution in [1.29, 1.82) is 0 Å². The van der Waals surface area contributed by atoms with Gasteiger partial charge in [-0.25, -0.2) is 9.78 Å². The van der Waals surface area contributed by atoms with Crippen molar-refractivity contribution in [2.75, 3.05) is 25.6 Å². The molecule has 1 aromatic rings. The number of esters is 1. The van der Waals surface area contributed by atoms with Crippen molar-refractivity contribution in [3.8, 4) is 0 Å². The van der Waals surface area contributed by atoms with Crippen molar-refractivity contribution in [3.05, 3.63) is 11.1 Å². The molecule has 0 saturated heterocycles. The second-order valence-corrected chi connectivity index (χ2v) is 4.26. The maximum Gasteiger partial charge on any atom is 0.349 e. The molecule has 1 unspecified atom stereocenters. The Morgan fingerprint density at radius 1 is 1.69 bits per heavy atom. The Hall–Kier alpha value is -1.14. The Kier molecular flexibility index (Phi) is 5.21. The van der Waals surface area contributed by atoms with E-state index in [1.54, 1.807) is 0 Å². The van der Waals surface area contributed by atoms with Crippen LogP contribution in [0.15, 0.2) is 6.20 Å². The van der Waals surface area contributed by atoms with Gasteiger partial charge in [0.1, 0.15) is 4.88 Å². The molecule has 0 radical (unpaired) electrons. The average molecular weight is 244 g/mol. The molecule has 1 aromatic heterocycles. The number of aromatic nitrogens is 1. The van der Waals surface area contributed by atoms with Gasteiger partial charge in [0.05, 0.1) is 19.9 Å². The molecule has 1 heterocycles. The Bertz CT molecular complexity index is 341. The summed E-state index contributed by atoms with van der Waals surface area (Å²) in [5.74, 6) is -0.358. The van der Waals surface area contributed by atoms with Crippen LogP contribution in [0.2, 0.25) is 0 Å². The van der Waals surface area contributed by atoms with E-state index in [1.807, 2.05) is 13.8 Å². The van der Waals surface area contributed by atoms with Gasteiger partial charge in [0.25, 0.3) is 0 Å². The highest BCUT2D eigenvalue weighted by Crippen LogP contribution is 2.19. The first-order valence-corrected chi connectivity index (χ1v) is 5.87. The van der Waals surface area contributed by atoms with E-state index in [0.29, 0.717) is 23.2 Å². The second-order valence-electron chi connectivity index (χ2n) is 3.23. The van der Waals surface area contributed by atoms with Crippen LogP contribution < -0.4 is 5.32 Å². The molecule has 0 saturated carbocycles. The van der Waals surface area contributed by atoms with Gasteiger partial charge in [-0.1, -0.05) is 11.3 Å². The number of carbonyl (C=O) groups is 1. The Labute approximate surface area is 98.8 Å². The van der Waals surface area contributed by atoms with Gasteiger partial charge in [0, 0.05) is 12.6 Å². The Morgan fingerprint density at radius 2 is 2.44 bits per heavy atom. The van der Waals surface area contributed by atoms with Crippen LogP contribution in [0.1, 0.15) is 23.5 Å². The van der Waals surface area contributed by atoms with E-state index < -0.39 is 0 Å². The summed E-state index contributed by atoms with van der Waals surface area (Å²) in [6.45, 7) is 5.25. The molecule has 0 aliphatic heterocycles. The number of anilines is 1. The molecule has 1 atom stereocenters. The lowest BCUT2D eigenvalue weighted by molar-refractivity contribution is 0.0606. The van der Waals surface area contributed by atoms with Crippen molar-refractivity contribution in [2.24, 2.45) is 0 Å². The first-order chi connectivity index (χ1) is 7.67. The predicted molar refractivity (Wildman–Crippen MR) is 63.0 cm³/mol. The fourth-order valence-corrected chi connectivity index (χ4v) is 1.93. The number of hydrogen-bond acceptors (Lipinski definition) is 6. The number of rotatable bonds is 6. The van der Waals surface area contributed by atoms with Gasteiger partial charge >= 0.3 is 5.97 Å². The fourth-order valence-electron chi connectivity index (χ4n) is 1.08. The molecule has 1 N–H and O–H groups in total. The number of carbonyl (C=O) groups excluding carboxylic acids is 1. The number of hydrogen-bond donors (Lipinski definition) is 1. The van der Waals surface area contributed by atoms with Gasteiger partial charge in [0.15, 0.2) is 5.13 Å². The molecule has 16 heavy (non-hydrogen) atoms. The van der Waals surface area contributed by atoms with E-state index in [4.69, 9.17) is 4.74 Å². The van der Waals surface area contributed by atoms with Crippen molar-refractivity contribution >= 4 is 22.4 Å². The van der Waals surface area contributed by atoms with Crippen molar-refractivity contribution in [1.82, 2.24) is 4.98 Å². The predicted octanol–water partition coefficient (Wildman–Crippen LogP) is 1.77. The largest absolute Gasteiger partial charge is 0.465 e. The van der Waals surface area contributed by atoms with E-state index in [0.717, 1.165) is 0 Å². The van der Waals surface area contributed by atoms with E-state index in [9.17, 15) is 4.79 Å². The number of ether oxygens (including phenoxy) is 2. The van der Waals surface area contributed by atoms with Gasteiger partial charge in [-0.05, 0) is 13.8 Å². The molecular formula is C10H16N2O3S. The topological polar surface area (TPSA) is 60.5 Å². The number of thiazole rings is 1. The van der Waals surface area contributed by atoms with Gasteiger partial charge in [0.2, 0.25) is 0 Å². The van der Waals surface area contributed by atoms with Crippen molar-refractivity contribution in [3.63, 3.8) is 0 Å². The maximum atomic E-state index is 11.2. The minimum absolute atomic E-state index is 0.164. The highest BCUT2D eigenvalue weighted by Gasteiger charge is 2.11. The summed E-state index contributed by atoms with van der Waals surface area (Å²) in [6.07, 6.45) is 1.51. The fraction of sp³-hybridized carbons (Fsp3) is 0.600. The third kappa shape index (κ3) is 3.79. The quantitative estimate of drug-likeness (QED) is 0.773. The molecule has 0 amide bonds. The van der Waals surface area contributed by atoms with E-state index in [-0.39, 0.29) is 12.0 Å². The first-order valence-electron chi connectivity index (χ1n) is 5.05. The molecule has 90 valence electrons. The Morgan fingerprint density at radius 3 is 3.06 bits per heavy atom. The van der Waals surface area contributed by atoms with E-state index >= 15 is 0 Å². The van der Waals surface area contributed by atoms with E-state index in [2.05, 4.69) is 15.0 Å². The SMILES string of the molecule is CCOCC(C)Nc1ncc(C(=O)OC)s1. The van der Waals surface area contributed by atoms with Crippen LogP contribution in [0, 0.1) is 0 Å². The molecule has 1 rings (SSSR count). The lowest BCUT2D eigenvalue weighted by Crippen LogP contribution is -2.21. The number of methoxy groups -OCH3 is 1. The highest BCUT2D eigenvalue weighted by molar-refractivity contribution is 7.17. The molecule has 0 fully saturated rings. The molecule has 0 bridgehead atoms. The summed E-state index contributed by atoms with van der Waals surface area (Å²) < 4.78 is 9.86. The van der Waals surface area contributed by atoms with Crippen molar-refractivity contribution in [2.45, 2.75) is 19.9 Å². The molecule has 0 aliphatic carbocycles. The summed E-state index contributed by atoms with van der Waals surface area (Å²) in [6, 6.07) is 0.164. The second kappa shape index (κ2) is 6.44. The summed E-state index contributed by atoms with van der Waals surface area (Å²) in [4.78, 5) is 15.8. The molecule has 0 spiro atoms. The van der Waals surface area contributed by atoms with Crippen LogP contribution in [0.5, 0.6) is 0 Å². The van der Waals surface area contributed by atoms with Gasteiger partial charge in [-0.15, -0.1) is 0 Å². The first kappa shape index (κ1) is 12.9. The molecule has 0 aromatic carbocycles. The zero-order valence-electron chi connectivity index (χ0n) is 9.65. The summed E-state index contributed by atoms with van der Waals surface area (Å²) >= 11 is 1.28. The highest BCUT2D eigenvalue weighted by atomic mass is 32.1. The van der Waals surface area contributed by atoms with Crippen LogP contribution >= 0.6 is 11.3 Å². The zero-order chi connectivity index (χ0) is 12.0. The normalized spacial score (nSPS) is 12.2. The van der Waals surface area contributed by atoms with Crippen molar-refractivity contribution < 1.29 is 14.3 Å². The zero-order valence-corrected chi connectivity index (χ0v) is 10.5. The standard InChI is InChI=1S/C10H16N2O3S/c1-4-15-6-7(2)12-10-11-5-8(16-10)9(13)14-3/h5,7H,4,6H2,1-3H3,(H,11,12). The van der Waals surface area contributed by atoms with Gasteiger partial charge in [-0.3, -0.25) is 0 Å². The summed E-state index contributed by atoms with van der Waals surface area (Å²) in [5, 5.41) is 3.85. The molecular weight excluding hydrogens is 228 g/mol. The monoisotopic (exact) mass is 244 g/mol. The lowest BCUT2D eigenvalue weighted by Gasteiger charge is -2.11. The minimum atomic E-state index is -0.358. The summed E-state index contributed by atoms with van der Waals surface area (Å²) in [7, 11) is 1.35. The molecule has 5 nitrogen and oxygen atoms in total. The van der Waals surface area contributed by atoms with Crippen LogP contribution in [0.4, 0.5) is 5.13 Å². The number of nitrogens with zero attached hydrogens (tertiary/aromatic N) is 1. The average Bonchev–Trinajstić information content (AvgIpc) is 2.73. The van der Waals surface area contributed by atoms with Gasteiger partial charge < -0.3 is 14.8 Å². The van der Waals surface area contributed by atoms with E-state index in [1.165, 1.54) is 24.6 Å². The summed E-state index contributed by atoms with van der Waals surface area (Å²) in [5.41, 5.74) is 0.